The van der Waals surface area contributed by atoms with Crippen molar-refractivity contribution in [3.63, 3.8) is 0 Å². The van der Waals surface area contributed by atoms with Gasteiger partial charge in [0, 0.05) is 12.5 Å². The first-order valence-corrected chi connectivity index (χ1v) is 6.00. The van der Waals surface area contributed by atoms with Crippen molar-refractivity contribution in [1.29, 1.82) is 0 Å². The molecule has 0 spiro atoms. The zero-order valence-corrected chi connectivity index (χ0v) is 10.6. The van der Waals surface area contributed by atoms with Crippen LogP contribution in [0.1, 0.15) is 23.1 Å². The molecule has 0 aliphatic rings. The molecule has 0 radical (unpaired) electrons. The highest BCUT2D eigenvalue weighted by atomic mass is 16.5. The Morgan fingerprint density at radius 3 is 2.61 bits per heavy atom. The lowest BCUT2D eigenvalue weighted by Crippen LogP contribution is -2.38. The summed E-state index contributed by atoms with van der Waals surface area (Å²) >= 11 is 0. The lowest BCUT2D eigenvalue weighted by atomic mass is 10.1. The normalized spacial score (nSPS) is 10.3. The predicted octanol–water partition coefficient (Wildman–Crippen LogP) is 1.89. The third-order valence-corrected chi connectivity index (χ3v) is 2.78. The smallest absolute Gasteiger partial charge is 0.251 e. The molecule has 2 rings (SSSR count). The molecule has 18 heavy (non-hydrogen) atoms. The average molecular weight is 245 g/mol. The van der Waals surface area contributed by atoms with Gasteiger partial charge >= 0.3 is 0 Å². The summed E-state index contributed by atoms with van der Waals surface area (Å²) in [5, 5.41) is 0. The van der Waals surface area contributed by atoms with Crippen molar-refractivity contribution >= 4 is 5.78 Å². The summed E-state index contributed by atoms with van der Waals surface area (Å²) in [5.41, 5.74) is 0.701. The van der Waals surface area contributed by atoms with Crippen molar-refractivity contribution < 1.29 is 14.1 Å². The first kappa shape index (κ1) is 12.4. The SMILES string of the molecule is CCOc1ccc(C(=O)C[n+]2cc[nH]c2C)cc1. The van der Waals surface area contributed by atoms with Gasteiger partial charge in [-0.25, -0.2) is 9.55 Å². The molecule has 0 aliphatic carbocycles. The Kier molecular flexibility index (Phi) is 3.77. The fourth-order valence-corrected chi connectivity index (χ4v) is 1.76. The molecular weight excluding hydrogens is 228 g/mol. The van der Waals surface area contributed by atoms with Crippen LogP contribution in [0, 0.1) is 6.92 Å². The summed E-state index contributed by atoms with van der Waals surface area (Å²) in [6.07, 6.45) is 3.68. The van der Waals surface area contributed by atoms with Gasteiger partial charge in [0.1, 0.15) is 18.1 Å². The lowest BCUT2D eigenvalue weighted by Gasteiger charge is -2.04. The number of aryl methyl sites for hydroxylation is 1. The number of hydrogen-bond donors (Lipinski definition) is 1. The zero-order chi connectivity index (χ0) is 13.0. The van der Waals surface area contributed by atoms with Gasteiger partial charge in [0.25, 0.3) is 5.82 Å². The molecule has 0 fully saturated rings. The number of hydrogen-bond acceptors (Lipinski definition) is 2. The lowest BCUT2D eigenvalue weighted by molar-refractivity contribution is -0.687. The van der Waals surface area contributed by atoms with Crippen LogP contribution in [0.25, 0.3) is 0 Å². The van der Waals surface area contributed by atoms with Crippen LogP contribution in [-0.4, -0.2) is 17.4 Å². The first-order chi connectivity index (χ1) is 8.70. The molecule has 0 amide bonds. The van der Waals surface area contributed by atoms with Crippen molar-refractivity contribution in [2.24, 2.45) is 0 Å². The van der Waals surface area contributed by atoms with E-state index in [0.29, 0.717) is 18.7 Å². The van der Waals surface area contributed by atoms with E-state index in [0.717, 1.165) is 11.6 Å². The van der Waals surface area contributed by atoms with E-state index in [1.807, 2.05) is 42.9 Å². The maximum absolute atomic E-state index is 12.1. The van der Waals surface area contributed by atoms with Crippen LogP contribution in [0.2, 0.25) is 0 Å². The van der Waals surface area contributed by atoms with Crippen LogP contribution >= 0.6 is 0 Å². The highest BCUT2D eigenvalue weighted by Gasteiger charge is 2.12. The van der Waals surface area contributed by atoms with Gasteiger partial charge in [0.15, 0.2) is 6.54 Å². The van der Waals surface area contributed by atoms with E-state index >= 15 is 0 Å². The molecule has 0 atom stereocenters. The van der Waals surface area contributed by atoms with Crippen molar-refractivity contribution in [2.75, 3.05) is 6.61 Å². The largest absolute Gasteiger partial charge is 0.494 e. The summed E-state index contributed by atoms with van der Waals surface area (Å²) in [4.78, 5) is 15.1. The third kappa shape index (κ3) is 2.77. The zero-order valence-electron chi connectivity index (χ0n) is 10.6. The first-order valence-electron chi connectivity index (χ1n) is 6.00. The number of nitrogens with one attached hydrogen (secondary N) is 1. The van der Waals surface area contributed by atoms with Crippen molar-refractivity contribution in [1.82, 2.24) is 4.98 Å². The van der Waals surface area contributed by atoms with E-state index in [1.165, 1.54) is 0 Å². The van der Waals surface area contributed by atoms with Crippen LogP contribution in [0.4, 0.5) is 0 Å². The Balaban J connectivity index is 2.07. The van der Waals surface area contributed by atoms with Crippen LogP contribution in [0.15, 0.2) is 36.7 Å². The van der Waals surface area contributed by atoms with Gasteiger partial charge in [0.2, 0.25) is 5.78 Å². The summed E-state index contributed by atoms with van der Waals surface area (Å²) < 4.78 is 7.23. The van der Waals surface area contributed by atoms with Gasteiger partial charge in [-0.3, -0.25) is 4.79 Å². The number of aromatic nitrogens is 2. The van der Waals surface area contributed by atoms with E-state index in [2.05, 4.69) is 4.98 Å². The van der Waals surface area contributed by atoms with Gasteiger partial charge in [-0.05, 0) is 31.2 Å². The van der Waals surface area contributed by atoms with E-state index < -0.39 is 0 Å². The summed E-state index contributed by atoms with van der Waals surface area (Å²) in [6.45, 7) is 4.85. The van der Waals surface area contributed by atoms with Gasteiger partial charge < -0.3 is 4.74 Å². The maximum atomic E-state index is 12.1. The Morgan fingerprint density at radius 1 is 1.33 bits per heavy atom. The monoisotopic (exact) mass is 245 g/mol. The summed E-state index contributed by atoms with van der Waals surface area (Å²) in [7, 11) is 0. The molecule has 4 nitrogen and oxygen atoms in total. The fraction of sp³-hybridized carbons (Fsp3) is 0.286. The Morgan fingerprint density at radius 2 is 2.06 bits per heavy atom. The van der Waals surface area contributed by atoms with Gasteiger partial charge in [-0.1, -0.05) is 0 Å². The molecule has 2 aromatic rings. The molecule has 1 aromatic heterocycles. The van der Waals surface area contributed by atoms with E-state index in [9.17, 15) is 4.79 Å². The second kappa shape index (κ2) is 5.49. The van der Waals surface area contributed by atoms with Crippen LogP contribution in [-0.2, 0) is 6.54 Å². The number of carbonyl (C=O) groups excluding carboxylic acids is 1. The molecule has 0 saturated carbocycles. The molecule has 1 heterocycles. The Bertz CT molecular complexity index is 529. The van der Waals surface area contributed by atoms with E-state index in [-0.39, 0.29) is 5.78 Å². The second-order valence-electron chi connectivity index (χ2n) is 4.05. The van der Waals surface area contributed by atoms with Crippen LogP contribution < -0.4 is 9.30 Å². The van der Waals surface area contributed by atoms with Crippen LogP contribution in [0.3, 0.4) is 0 Å². The Labute approximate surface area is 106 Å². The maximum Gasteiger partial charge on any atom is 0.251 e. The minimum Gasteiger partial charge on any atom is -0.494 e. The standard InChI is InChI=1S/C14H16N2O2/c1-3-18-13-6-4-12(5-7-13)14(17)10-16-9-8-15-11(16)2/h4-9H,3,10H2,1-2H3/p+1. The highest BCUT2D eigenvalue weighted by molar-refractivity contribution is 5.95. The molecule has 0 saturated heterocycles. The highest BCUT2D eigenvalue weighted by Crippen LogP contribution is 2.12. The quantitative estimate of drug-likeness (QED) is 0.646. The average Bonchev–Trinajstić information content (AvgIpc) is 2.76. The molecule has 1 N–H and O–H groups in total. The summed E-state index contributed by atoms with van der Waals surface area (Å²) in [5.74, 6) is 1.85. The van der Waals surface area contributed by atoms with Gasteiger partial charge in [-0.15, -0.1) is 0 Å². The van der Waals surface area contributed by atoms with E-state index in [1.54, 1.807) is 12.1 Å². The third-order valence-electron chi connectivity index (χ3n) is 2.78. The minimum absolute atomic E-state index is 0.0887. The topological polar surface area (TPSA) is 46.0 Å². The van der Waals surface area contributed by atoms with Crippen molar-refractivity contribution in [3.8, 4) is 5.75 Å². The number of carbonyl (C=O) groups is 1. The minimum atomic E-state index is 0.0887. The number of aromatic amines is 1. The molecule has 94 valence electrons. The molecular formula is C14H17N2O2+. The molecule has 0 bridgehead atoms. The fourth-order valence-electron chi connectivity index (χ4n) is 1.76. The molecule has 1 aromatic carbocycles. The van der Waals surface area contributed by atoms with Crippen LogP contribution in [0.5, 0.6) is 5.75 Å². The molecule has 0 unspecified atom stereocenters. The number of H-pyrrole nitrogens is 1. The van der Waals surface area contributed by atoms with Crippen molar-refractivity contribution in [2.45, 2.75) is 20.4 Å². The van der Waals surface area contributed by atoms with E-state index in [4.69, 9.17) is 4.74 Å². The molecule has 0 aliphatic heterocycles. The summed E-state index contributed by atoms with van der Waals surface area (Å²) in [6, 6.07) is 7.25. The number of imidazole rings is 1. The Hall–Kier alpha value is -2.10. The van der Waals surface area contributed by atoms with Gasteiger partial charge in [0.05, 0.1) is 6.61 Å². The second-order valence-corrected chi connectivity index (χ2v) is 4.05. The predicted molar refractivity (Wildman–Crippen MR) is 67.7 cm³/mol. The number of nitrogens with zero attached hydrogens (tertiary/aromatic N) is 1. The number of benzene rings is 1. The number of ether oxygens (including phenoxy) is 1. The number of Topliss-reactive ketones (excluding diaryl/α,β-unsaturated/α-hetero) is 1. The van der Waals surface area contributed by atoms with Crippen molar-refractivity contribution in [3.05, 3.63) is 48.0 Å². The molecule has 4 heteroatoms. The number of rotatable bonds is 5. The number of ketones is 1. The van der Waals surface area contributed by atoms with Gasteiger partial charge in [-0.2, -0.15) is 0 Å².